The zero-order chi connectivity index (χ0) is 3.58. The smallest absolute Gasteiger partial charge is 0.0671 e. The van der Waals surface area contributed by atoms with Crippen LogP contribution >= 0.6 is 44.5 Å². The van der Waals surface area contributed by atoms with E-state index in [9.17, 15) is 0 Å². The van der Waals surface area contributed by atoms with Gasteiger partial charge in [0.2, 0.25) is 0 Å². The molecule has 26 valence electrons. The van der Waals surface area contributed by atoms with Crippen LogP contribution in [0.3, 0.4) is 0 Å². The molecule has 0 aliphatic carbocycles. The van der Waals surface area contributed by atoms with Crippen LogP contribution in [0.25, 0.3) is 0 Å². The second-order valence-electron chi connectivity index (χ2n) is 0.373. The highest BCUT2D eigenvalue weighted by Crippen LogP contribution is 2.11. The average molecular weight is 206 g/mol. The van der Waals surface area contributed by atoms with Gasteiger partial charge in [-0.15, -0.1) is 9.24 Å². The van der Waals surface area contributed by atoms with Crippen molar-refractivity contribution in [3.63, 3.8) is 0 Å². The topological polar surface area (TPSA) is 0 Å². The molecule has 0 rings (SSSR count). The van der Waals surface area contributed by atoms with Crippen LogP contribution < -0.4 is 0 Å². The van der Waals surface area contributed by atoms with E-state index in [1.807, 2.05) is 0 Å². The summed E-state index contributed by atoms with van der Waals surface area (Å²) in [5, 5.41) is 0. The number of alkyl halides is 1. The Labute approximate surface area is 47.5 Å². The largest absolute Gasteiger partial charge is 0.161 e. The molecule has 4 heavy (non-hydrogen) atoms. The maximum Gasteiger partial charge on any atom is 0.0671 e. The first-order valence-corrected chi connectivity index (χ1v) is 3.24. The van der Waals surface area contributed by atoms with Crippen LogP contribution in [0.15, 0.2) is 0 Å². The minimum absolute atomic E-state index is 0.414. The third-order valence-corrected chi connectivity index (χ3v) is 0. The lowest BCUT2D eigenvalue weighted by atomic mass is 11.9. The van der Waals surface area contributed by atoms with E-state index in [4.69, 9.17) is 0 Å². The second kappa shape index (κ2) is 2.73. The van der Waals surface area contributed by atoms with Crippen LogP contribution in [0.2, 0.25) is 0 Å². The van der Waals surface area contributed by atoms with Crippen molar-refractivity contribution in [1.82, 2.24) is 0 Å². The van der Waals surface area contributed by atoms with Crippen molar-refractivity contribution in [3.8, 4) is 0 Å². The molecular weight excluding hydrogens is 202 g/mol. The fraction of sp³-hybridized carbons (Fsp3) is 1.00. The number of hydrogen-bond donors (Lipinski definition) is 1. The molecule has 0 aliphatic rings. The highest BCUT2D eigenvalue weighted by Gasteiger charge is 1.71. The molecule has 0 aromatic rings. The van der Waals surface area contributed by atoms with Crippen LogP contribution in [0.4, 0.5) is 0 Å². The summed E-state index contributed by atoms with van der Waals surface area (Å²) in [5.74, 6) is 0. The highest BCUT2D eigenvalue weighted by atomic mass is 127. The molecule has 0 radical (unpaired) electrons. The van der Waals surface area contributed by atoms with E-state index in [-0.39, 0.29) is 0 Å². The second-order valence-corrected chi connectivity index (χ2v) is 5.84. The van der Waals surface area contributed by atoms with Gasteiger partial charge in [0.1, 0.15) is 0 Å². The van der Waals surface area contributed by atoms with E-state index in [2.05, 4.69) is 44.5 Å². The molecule has 0 bridgehead atoms. The fourth-order valence-electron chi connectivity index (χ4n) is 0. The SMILES string of the molecule is PC(S)I. The van der Waals surface area contributed by atoms with Crippen molar-refractivity contribution >= 4 is 44.5 Å². The molecule has 0 N–H and O–H groups in total. The van der Waals surface area contributed by atoms with Crippen molar-refractivity contribution in [2.24, 2.45) is 0 Å². The van der Waals surface area contributed by atoms with Crippen LogP contribution in [0, 0.1) is 0 Å². The van der Waals surface area contributed by atoms with Gasteiger partial charge in [0.05, 0.1) is 3.00 Å². The van der Waals surface area contributed by atoms with Crippen LogP contribution in [0.1, 0.15) is 0 Å². The summed E-state index contributed by atoms with van der Waals surface area (Å²) in [7, 11) is 2.51. The van der Waals surface area contributed by atoms with Gasteiger partial charge in [-0.3, -0.25) is 0 Å². The zero-order valence-corrected chi connectivity index (χ0v) is 6.19. The molecule has 2 unspecified atom stereocenters. The lowest BCUT2D eigenvalue weighted by Gasteiger charge is -1.76. The van der Waals surface area contributed by atoms with Crippen molar-refractivity contribution in [3.05, 3.63) is 0 Å². The molecule has 0 saturated carbocycles. The summed E-state index contributed by atoms with van der Waals surface area (Å²) in [6.45, 7) is 0. The van der Waals surface area contributed by atoms with Gasteiger partial charge < -0.3 is 0 Å². The molecule has 3 heteroatoms. The molecule has 0 aromatic heterocycles. The molecule has 0 aromatic carbocycles. The Morgan fingerprint density at radius 1 is 2.00 bits per heavy atom. The van der Waals surface area contributed by atoms with E-state index >= 15 is 0 Å². The predicted octanol–water partition coefficient (Wildman–Crippen LogP) is 1.51. The molecule has 0 aliphatic heterocycles. The van der Waals surface area contributed by atoms with Gasteiger partial charge in [-0.2, -0.15) is 12.6 Å². The summed E-state index contributed by atoms with van der Waals surface area (Å²) in [6, 6.07) is 0. The Kier molecular flexibility index (Phi) is 3.76. The summed E-state index contributed by atoms with van der Waals surface area (Å²) in [6.07, 6.45) is 0. The maximum atomic E-state index is 3.92. The van der Waals surface area contributed by atoms with Crippen LogP contribution in [0.5, 0.6) is 0 Å². The van der Waals surface area contributed by atoms with Crippen LogP contribution in [-0.2, 0) is 0 Å². The fourth-order valence-corrected chi connectivity index (χ4v) is 0. The Bertz CT molecular complexity index is 12.8. The van der Waals surface area contributed by atoms with E-state index in [1.165, 1.54) is 0 Å². The molecule has 0 amide bonds. The summed E-state index contributed by atoms with van der Waals surface area (Å²) in [4.78, 5) is 0. The van der Waals surface area contributed by atoms with Crippen molar-refractivity contribution in [1.29, 1.82) is 0 Å². The molecule has 0 spiro atoms. The van der Waals surface area contributed by atoms with E-state index < -0.39 is 0 Å². The first-order valence-electron chi connectivity index (χ1n) is 0.810. The summed E-state index contributed by atoms with van der Waals surface area (Å²) < 4.78 is 0.414. The third-order valence-electron chi connectivity index (χ3n) is 0. The monoisotopic (exact) mass is 206 g/mol. The lowest BCUT2D eigenvalue weighted by molar-refractivity contribution is 2.25. The van der Waals surface area contributed by atoms with Gasteiger partial charge in [0.15, 0.2) is 0 Å². The van der Waals surface area contributed by atoms with Crippen molar-refractivity contribution < 1.29 is 0 Å². The zero-order valence-electron chi connectivity index (χ0n) is 1.98. The summed E-state index contributed by atoms with van der Waals surface area (Å²) in [5.41, 5.74) is 0. The number of halogens is 1. The van der Waals surface area contributed by atoms with Gasteiger partial charge in [-0.05, 0) is 0 Å². The minimum atomic E-state index is 0.414. The normalized spacial score (nSPS) is 15.8. The standard InChI is InChI=1S/CH4IPS/c2-1(3)4/h1,4H,3H2. The molecular formula is CH4IPS. The molecule has 0 heterocycles. The van der Waals surface area contributed by atoms with Crippen molar-refractivity contribution in [2.75, 3.05) is 0 Å². The van der Waals surface area contributed by atoms with Gasteiger partial charge in [-0.25, -0.2) is 0 Å². The third kappa shape index (κ3) is 9.70. The average Bonchev–Trinajstić information content (AvgIpc) is 0.811. The number of rotatable bonds is 0. The molecule has 0 saturated heterocycles. The minimum Gasteiger partial charge on any atom is -0.161 e. The number of thiol groups is 1. The Morgan fingerprint density at radius 2 is 2.00 bits per heavy atom. The Hall–Kier alpha value is 1.51. The summed E-state index contributed by atoms with van der Waals surface area (Å²) >= 11 is 6.09. The Morgan fingerprint density at radius 3 is 2.00 bits per heavy atom. The van der Waals surface area contributed by atoms with Gasteiger partial charge in [0, 0.05) is 0 Å². The maximum absolute atomic E-state index is 3.92. The first-order chi connectivity index (χ1) is 1.73. The molecule has 0 fully saturated rings. The quantitative estimate of drug-likeness (QED) is 0.264. The molecule has 0 nitrogen and oxygen atoms in total. The van der Waals surface area contributed by atoms with Gasteiger partial charge >= 0.3 is 0 Å². The molecule has 2 atom stereocenters. The van der Waals surface area contributed by atoms with E-state index in [0.29, 0.717) is 3.00 Å². The van der Waals surface area contributed by atoms with Crippen LogP contribution in [-0.4, -0.2) is 3.00 Å². The number of hydrogen-bond acceptors (Lipinski definition) is 1. The predicted molar refractivity (Wildman–Crippen MR) is 36.5 cm³/mol. The van der Waals surface area contributed by atoms with E-state index in [1.54, 1.807) is 0 Å². The van der Waals surface area contributed by atoms with Gasteiger partial charge in [-0.1, -0.05) is 22.6 Å². The van der Waals surface area contributed by atoms with Gasteiger partial charge in [0.25, 0.3) is 0 Å². The first kappa shape index (κ1) is 5.51. The van der Waals surface area contributed by atoms with E-state index in [0.717, 1.165) is 0 Å². The lowest BCUT2D eigenvalue weighted by Crippen LogP contribution is -1.51. The highest BCUT2D eigenvalue weighted by molar-refractivity contribution is 14.1. The van der Waals surface area contributed by atoms with Crippen molar-refractivity contribution in [2.45, 2.75) is 3.00 Å². The Balaban J connectivity index is 2.32.